The Hall–Kier alpha value is -2.24. The van der Waals surface area contributed by atoms with E-state index in [2.05, 4.69) is 45.7 Å². The maximum Gasteiger partial charge on any atom is 0.0647 e. The van der Waals surface area contributed by atoms with E-state index in [1.165, 1.54) is 0 Å². The summed E-state index contributed by atoms with van der Waals surface area (Å²) in [5.74, 6) is 0.954. The Morgan fingerprint density at radius 1 is 1.08 bits per heavy atom. The third kappa shape index (κ3) is 5.15. The second-order valence-corrected chi connectivity index (χ2v) is 6.25. The molecule has 0 saturated carbocycles. The van der Waals surface area contributed by atoms with Crippen molar-refractivity contribution in [1.82, 2.24) is 10.0 Å². The molecule has 0 heterocycles. The maximum absolute atomic E-state index is 8.37. The number of hydrogen-bond acceptors (Lipinski definition) is 5. The van der Waals surface area contributed by atoms with Crippen molar-refractivity contribution in [3.05, 3.63) is 66.4 Å². The molecule has 0 amide bonds. The second kappa shape index (κ2) is 9.80. The molecule has 0 aliphatic rings. The summed E-state index contributed by atoms with van der Waals surface area (Å²) in [7, 11) is 3.75. The molecule has 2 rings (SSSR count). The van der Waals surface area contributed by atoms with E-state index in [1.807, 2.05) is 32.3 Å². The monoisotopic (exact) mass is 340 g/mol. The largest absolute Gasteiger partial charge is 0.394 e. The van der Waals surface area contributed by atoms with E-state index in [4.69, 9.17) is 5.41 Å². The lowest BCUT2D eigenvalue weighted by molar-refractivity contribution is 1.10. The predicted octanol–water partition coefficient (Wildman–Crippen LogP) is 3.73. The average molecular weight is 340 g/mol. The first-order chi connectivity index (χ1) is 11.8. The fraction of sp³-hybridized carbons (Fsp3) is 0.211. The van der Waals surface area contributed by atoms with Crippen LogP contribution in [0.3, 0.4) is 0 Å². The van der Waals surface area contributed by atoms with Gasteiger partial charge < -0.3 is 16.0 Å². The van der Waals surface area contributed by atoms with Crippen LogP contribution < -0.4 is 15.4 Å². The molecule has 2 aromatic carbocycles. The highest BCUT2D eigenvalue weighted by molar-refractivity contribution is 7.97. The Morgan fingerprint density at radius 2 is 1.88 bits per heavy atom. The Balaban J connectivity index is 2.29. The van der Waals surface area contributed by atoms with Crippen LogP contribution >= 0.6 is 11.9 Å². The molecule has 0 aromatic heterocycles. The molecule has 0 aliphatic carbocycles. The number of rotatable bonds is 9. The van der Waals surface area contributed by atoms with Gasteiger partial charge >= 0.3 is 0 Å². The van der Waals surface area contributed by atoms with Gasteiger partial charge in [-0.3, -0.25) is 4.72 Å². The number of benzene rings is 2. The predicted molar refractivity (Wildman–Crippen MR) is 107 cm³/mol. The van der Waals surface area contributed by atoms with E-state index >= 15 is 0 Å². The van der Waals surface area contributed by atoms with Crippen LogP contribution in [0.25, 0.3) is 11.1 Å². The van der Waals surface area contributed by atoms with E-state index in [-0.39, 0.29) is 0 Å². The summed E-state index contributed by atoms with van der Waals surface area (Å²) in [6, 6.07) is 16.5. The number of allylic oxidation sites excluding steroid dienone is 1. The van der Waals surface area contributed by atoms with Crippen LogP contribution in [-0.4, -0.2) is 32.1 Å². The summed E-state index contributed by atoms with van der Waals surface area (Å²) < 4.78 is 3.06. The first-order valence-electron chi connectivity index (χ1n) is 7.91. The topological polar surface area (TPSA) is 59.9 Å². The molecular weight excluding hydrogens is 316 g/mol. The Labute approximate surface area is 148 Å². The van der Waals surface area contributed by atoms with E-state index in [9.17, 15) is 0 Å². The molecule has 2 aromatic rings. The molecule has 0 unspecified atom stereocenters. The van der Waals surface area contributed by atoms with Crippen molar-refractivity contribution in [3.63, 3.8) is 0 Å². The van der Waals surface area contributed by atoms with Gasteiger partial charge in [0.2, 0.25) is 0 Å². The van der Waals surface area contributed by atoms with Crippen LogP contribution in [0.2, 0.25) is 0 Å². The Kier molecular flexibility index (Phi) is 7.39. The molecule has 0 bridgehead atoms. The summed E-state index contributed by atoms with van der Waals surface area (Å²) in [4.78, 5) is 0. The minimum Gasteiger partial charge on any atom is -0.394 e. The highest BCUT2D eigenvalue weighted by Gasteiger charge is 2.08. The van der Waals surface area contributed by atoms with Gasteiger partial charge in [-0.15, -0.1) is 0 Å². The summed E-state index contributed by atoms with van der Waals surface area (Å²) in [5.41, 5.74) is 4.63. The lowest BCUT2D eigenvalue weighted by Gasteiger charge is -2.13. The standard InChI is InChI=1S/C19H24N4S/c1-21-11-10-18(20)17-14-16(15-6-4-3-5-7-15)8-9-19(17)23-12-13-24-22-2/h3-11,14,20-23H,12-13H2,1-2H3/b11-10-,20-18?. The van der Waals surface area contributed by atoms with Gasteiger partial charge in [-0.1, -0.05) is 48.3 Å². The number of hydrogen-bond donors (Lipinski definition) is 4. The molecule has 0 fully saturated rings. The molecule has 0 radical (unpaired) electrons. The van der Waals surface area contributed by atoms with Gasteiger partial charge in [0.05, 0.1) is 5.71 Å². The first kappa shape index (κ1) is 18.1. The second-order valence-electron chi connectivity index (χ2n) is 5.14. The van der Waals surface area contributed by atoms with Crippen LogP contribution in [0.1, 0.15) is 5.56 Å². The number of anilines is 1. The van der Waals surface area contributed by atoms with Gasteiger partial charge in [-0.05, 0) is 42.6 Å². The van der Waals surface area contributed by atoms with Gasteiger partial charge in [0.25, 0.3) is 0 Å². The van der Waals surface area contributed by atoms with Crippen LogP contribution in [0, 0.1) is 5.41 Å². The molecule has 0 spiro atoms. The SMILES string of the molecule is CN/C=C\C(=N)c1cc(-c2ccccc2)ccc1NCCSNC. The zero-order chi connectivity index (χ0) is 17.2. The Bertz CT molecular complexity index is 683. The lowest BCUT2D eigenvalue weighted by atomic mass is 9.99. The Morgan fingerprint density at radius 3 is 2.58 bits per heavy atom. The minimum absolute atomic E-state index is 0.478. The van der Waals surface area contributed by atoms with Crippen LogP contribution in [0.4, 0.5) is 5.69 Å². The minimum atomic E-state index is 0.478. The van der Waals surface area contributed by atoms with Gasteiger partial charge in [-0.2, -0.15) is 0 Å². The molecule has 4 N–H and O–H groups in total. The van der Waals surface area contributed by atoms with E-state index in [0.717, 1.165) is 34.7 Å². The van der Waals surface area contributed by atoms with Crippen molar-refractivity contribution >= 4 is 23.3 Å². The molecule has 0 saturated heterocycles. The molecule has 4 nitrogen and oxygen atoms in total. The highest BCUT2D eigenvalue weighted by Crippen LogP contribution is 2.26. The molecule has 0 aliphatic heterocycles. The van der Waals surface area contributed by atoms with Crippen LogP contribution in [0.5, 0.6) is 0 Å². The van der Waals surface area contributed by atoms with E-state index in [0.29, 0.717) is 5.71 Å². The molecule has 24 heavy (non-hydrogen) atoms. The zero-order valence-electron chi connectivity index (χ0n) is 14.1. The first-order valence-corrected chi connectivity index (χ1v) is 8.89. The average Bonchev–Trinajstić information content (AvgIpc) is 2.64. The molecule has 0 atom stereocenters. The van der Waals surface area contributed by atoms with Crippen LogP contribution in [0.15, 0.2) is 60.8 Å². The molecular formula is C19H24N4S. The third-order valence-electron chi connectivity index (χ3n) is 3.50. The van der Waals surface area contributed by atoms with Crippen molar-refractivity contribution < 1.29 is 0 Å². The summed E-state index contributed by atoms with van der Waals surface area (Å²) in [6.07, 6.45) is 3.55. The third-order valence-corrected chi connectivity index (χ3v) is 4.19. The van der Waals surface area contributed by atoms with Crippen molar-refractivity contribution in [2.75, 3.05) is 31.7 Å². The van der Waals surface area contributed by atoms with Crippen molar-refractivity contribution in [1.29, 1.82) is 5.41 Å². The van der Waals surface area contributed by atoms with Crippen LogP contribution in [-0.2, 0) is 0 Å². The van der Waals surface area contributed by atoms with Crippen molar-refractivity contribution in [3.8, 4) is 11.1 Å². The van der Waals surface area contributed by atoms with Gasteiger partial charge in [0.15, 0.2) is 0 Å². The molecule has 5 heteroatoms. The van der Waals surface area contributed by atoms with Crippen molar-refractivity contribution in [2.24, 2.45) is 0 Å². The van der Waals surface area contributed by atoms with E-state index in [1.54, 1.807) is 24.2 Å². The summed E-state index contributed by atoms with van der Waals surface area (Å²) in [6.45, 7) is 0.839. The summed E-state index contributed by atoms with van der Waals surface area (Å²) >= 11 is 1.67. The van der Waals surface area contributed by atoms with Gasteiger partial charge in [0, 0.05) is 30.6 Å². The lowest BCUT2D eigenvalue weighted by Crippen LogP contribution is -2.11. The fourth-order valence-electron chi connectivity index (χ4n) is 2.33. The normalized spacial score (nSPS) is 10.8. The maximum atomic E-state index is 8.37. The van der Waals surface area contributed by atoms with Gasteiger partial charge in [-0.25, -0.2) is 0 Å². The van der Waals surface area contributed by atoms with Gasteiger partial charge in [0.1, 0.15) is 0 Å². The van der Waals surface area contributed by atoms with Crippen molar-refractivity contribution in [2.45, 2.75) is 0 Å². The van der Waals surface area contributed by atoms with E-state index < -0.39 is 0 Å². The quantitative estimate of drug-likeness (QED) is 0.319. The fourth-order valence-corrected chi connectivity index (χ4v) is 2.73. The number of nitrogens with one attached hydrogen (secondary N) is 4. The smallest absolute Gasteiger partial charge is 0.0647 e. The highest BCUT2D eigenvalue weighted by atomic mass is 32.2. The summed E-state index contributed by atoms with van der Waals surface area (Å²) in [5, 5.41) is 14.7. The molecule has 126 valence electrons. The zero-order valence-corrected chi connectivity index (χ0v) is 14.9.